The van der Waals surface area contributed by atoms with Gasteiger partial charge in [0.25, 0.3) is 0 Å². The van der Waals surface area contributed by atoms with Crippen molar-refractivity contribution >= 4 is 39.1 Å². The Labute approximate surface area is 118 Å². The van der Waals surface area contributed by atoms with Gasteiger partial charge in [0.1, 0.15) is 0 Å². The van der Waals surface area contributed by atoms with Gasteiger partial charge in [-0.3, -0.25) is 0 Å². The van der Waals surface area contributed by atoms with E-state index < -0.39 is 0 Å². The molecule has 0 aliphatic carbocycles. The van der Waals surface area contributed by atoms with Crippen molar-refractivity contribution in [1.29, 1.82) is 0 Å². The Balaban J connectivity index is 2.46. The molecule has 0 spiro atoms. The lowest BCUT2D eigenvalue weighted by Crippen LogP contribution is -2.17. The zero-order valence-corrected chi connectivity index (χ0v) is 12.1. The summed E-state index contributed by atoms with van der Waals surface area (Å²) >= 11 is 15.5. The number of benzene rings is 1. The number of hydrogen-bond donors (Lipinski definition) is 1. The Morgan fingerprint density at radius 3 is 2.53 bits per heavy atom. The lowest BCUT2D eigenvalue weighted by Gasteiger charge is -2.17. The van der Waals surface area contributed by atoms with Crippen LogP contribution in [0.4, 0.5) is 0 Å². The minimum absolute atomic E-state index is 0.0344. The van der Waals surface area contributed by atoms with E-state index in [2.05, 4.69) is 21.2 Å². The third-order valence-electron chi connectivity index (χ3n) is 2.52. The predicted octanol–water partition coefficient (Wildman–Crippen LogP) is 4.66. The molecule has 0 saturated heterocycles. The van der Waals surface area contributed by atoms with Crippen LogP contribution in [0, 0.1) is 0 Å². The van der Waals surface area contributed by atoms with Crippen molar-refractivity contribution in [2.24, 2.45) is 0 Å². The number of furan rings is 1. The quantitative estimate of drug-likeness (QED) is 0.883. The molecular weight excluding hydrogens is 325 g/mol. The average Bonchev–Trinajstić information content (AvgIpc) is 2.69. The van der Waals surface area contributed by atoms with Gasteiger partial charge >= 0.3 is 0 Å². The molecule has 1 unspecified atom stereocenters. The summed E-state index contributed by atoms with van der Waals surface area (Å²) in [6, 6.07) is 7.33. The zero-order chi connectivity index (χ0) is 12.4. The van der Waals surface area contributed by atoms with E-state index in [0.717, 1.165) is 11.1 Å². The molecule has 0 fully saturated rings. The summed E-state index contributed by atoms with van der Waals surface area (Å²) in [6.07, 6.45) is 1.63. The minimum Gasteiger partial charge on any atom is -0.457 e. The Morgan fingerprint density at radius 2 is 2.00 bits per heavy atom. The fourth-order valence-corrected chi connectivity index (χ4v) is 2.71. The molecule has 1 aromatic heterocycles. The van der Waals surface area contributed by atoms with Crippen LogP contribution in [0.2, 0.25) is 10.0 Å². The lowest BCUT2D eigenvalue weighted by molar-refractivity contribution is 0.530. The van der Waals surface area contributed by atoms with Crippen LogP contribution < -0.4 is 5.32 Å². The first-order valence-corrected chi connectivity index (χ1v) is 6.53. The minimum atomic E-state index is -0.0344. The maximum absolute atomic E-state index is 6.20. The van der Waals surface area contributed by atoms with Crippen LogP contribution in [-0.2, 0) is 0 Å². The molecule has 2 aromatic rings. The normalized spacial score (nSPS) is 12.7. The first-order valence-electron chi connectivity index (χ1n) is 4.98. The van der Waals surface area contributed by atoms with Crippen LogP contribution in [0.3, 0.4) is 0 Å². The second-order valence-electron chi connectivity index (χ2n) is 3.54. The molecular formula is C12H10BrCl2NO. The molecule has 0 radical (unpaired) electrons. The Hall–Kier alpha value is -0.480. The summed E-state index contributed by atoms with van der Waals surface area (Å²) in [5, 5.41) is 4.46. The highest BCUT2D eigenvalue weighted by atomic mass is 79.9. The van der Waals surface area contributed by atoms with Crippen molar-refractivity contribution in [2.75, 3.05) is 7.05 Å². The molecule has 1 atom stereocenters. The first kappa shape index (κ1) is 13.0. The maximum atomic E-state index is 6.20. The summed E-state index contributed by atoms with van der Waals surface area (Å²) in [5.74, 6) is 0. The van der Waals surface area contributed by atoms with Crippen LogP contribution in [0.25, 0.3) is 0 Å². The lowest BCUT2D eigenvalue weighted by atomic mass is 10.0. The van der Waals surface area contributed by atoms with Crippen LogP contribution >= 0.6 is 39.1 Å². The monoisotopic (exact) mass is 333 g/mol. The van der Waals surface area contributed by atoms with E-state index in [1.165, 1.54) is 0 Å². The SMILES string of the molecule is CNC(c1ccc(Cl)cc1Cl)c1ccoc1Br. The fourth-order valence-electron chi connectivity index (χ4n) is 1.72. The predicted molar refractivity (Wildman–Crippen MR) is 73.8 cm³/mol. The summed E-state index contributed by atoms with van der Waals surface area (Å²) in [5.41, 5.74) is 1.96. The molecule has 0 saturated carbocycles. The number of halogens is 3. The van der Waals surface area contributed by atoms with Crippen molar-refractivity contribution in [3.63, 3.8) is 0 Å². The standard InChI is InChI=1S/C12H10BrCl2NO/c1-16-11(9-4-5-17-12(9)13)8-3-2-7(14)6-10(8)15/h2-6,11,16H,1H3. The van der Waals surface area contributed by atoms with Crippen LogP contribution in [0.5, 0.6) is 0 Å². The van der Waals surface area contributed by atoms with Gasteiger partial charge in [-0.25, -0.2) is 0 Å². The van der Waals surface area contributed by atoms with Gasteiger partial charge in [0.2, 0.25) is 0 Å². The van der Waals surface area contributed by atoms with E-state index in [1.54, 1.807) is 12.3 Å². The third kappa shape index (κ3) is 2.68. The van der Waals surface area contributed by atoms with E-state index >= 15 is 0 Å². The molecule has 5 heteroatoms. The van der Waals surface area contributed by atoms with Gasteiger partial charge < -0.3 is 9.73 Å². The fraction of sp³-hybridized carbons (Fsp3) is 0.167. The number of rotatable bonds is 3. The van der Waals surface area contributed by atoms with Gasteiger partial charge in [-0.2, -0.15) is 0 Å². The zero-order valence-electron chi connectivity index (χ0n) is 9.01. The van der Waals surface area contributed by atoms with Crippen molar-refractivity contribution in [3.05, 3.63) is 56.4 Å². The molecule has 90 valence electrons. The first-order chi connectivity index (χ1) is 8.13. The molecule has 17 heavy (non-hydrogen) atoms. The highest BCUT2D eigenvalue weighted by molar-refractivity contribution is 9.10. The van der Waals surface area contributed by atoms with Crippen molar-refractivity contribution < 1.29 is 4.42 Å². The molecule has 1 N–H and O–H groups in total. The van der Waals surface area contributed by atoms with Gasteiger partial charge in [-0.1, -0.05) is 29.3 Å². The molecule has 0 amide bonds. The topological polar surface area (TPSA) is 25.2 Å². The Bertz CT molecular complexity index is 527. The van der Waals surface area contributed by atoms with E-state index in [9.17, 15) is 0 Å². The average molecular weight is 335 g/mol. The number of nitrogens with one attached hydrogen (secondary N) is 1. The summed E-state index contributed by atoms with van der Waals surface area (Å²) in [6.45, 7) is 0. The van der Waals surface area contributed by atoms with E-state index in [1.807, 2.05) is 25.2 Å². The molecule has 1 heterocycles. The van der Waals surface area contributed by atoms with Crippen LogP contribution in [0.15, 0.2) is 39.6 Å². The molecule has 0 aliphatic heterocycles. The van der Waals surface area contributed by atoms with Gasteiger partial charge in [-0.15, -0.1) is 0 Å². The second kappa shape index (κ2) is 5.44. The molecule has 0 bridgehead atoms. The van der Waals surface area contributed by atoms with Gasteiger partial charge in [-0.05, 0) is 46.7 Å². The highest BCUT2D eigenvalue weighted by Gasteiger charge is 2.19. The van der Waals surface area contributed by atoms with Gasteiger partial charge in [0.15, 0.2) is 4.67 Å². The molecule has 0 aliphatic rings. The summed E-state index contributed by atoms with van der Waals surface area (Å²) in [4.78, 5) is 0. The summed E-state index contributed by atoms with van der Waals surface area (Å²) in [7, 11) is 1.87. The van der Waals surface area contributed by atoms with Crippen LogP contribution in [-0.4, -0.2) is 7.05 Å². The largest absolute Gasteiger partial charge is 0.457 e. The molecule has 2 nitrogen and oxygen atoms in total. The second-order valence-corrected chi connectivity index (χ2v) is 5.10. The highest BCUT2D eigenvalue weighted by Crippen LogP contribution is 2.34. The summed E-state index contributed by atoms with van der Waals surface area (Å²) < 4.78 is 5.94. The van der Waals surface area contributed by atoms with Gasteiger partial charge in [0.05, 0.1) is 12.3 Å². The van der Waals surface area contributed by atoms with E-state index in [0.29, 0.717) is 14.7 Å². The molecule has 1 aromatic carbocycles. The maximum Gasteiger partial charge on any atom is 0.174 e. The van der Waals surface area contributed by atoms with Crippen molar-refractivity contribution in [2.45, 2.75) is 6.04 Å². The van der Waals surface area contributed by atoms with Crippen molar-refractivity contribution in [3.8, 4) is 0 Å². The number of hydrogen-bond acceptors (Lipinski definition) is 2. The van der Waals surface area contributed by atoms with E-state index in [4.69, 9.17) is 27.6 Å². The van der Waals surface area contributed by atoms with E-state index in [-0.39, 0.29) is 6.04 Å². The molecule has 2 rings (SSSR count). The smallest absolute Gasteiger partial charge is 0.174 e. The third-order valence-corrected chi connectivity index (χ3v) is 3.73. The Morgan fingerprint density at radius 1 is 1.24 bits per heavy atom. The van der Waals surface area contributed by atoms with Gasteiger partial charge in [0, 0.05) is 15.6 Å². The Kier molecular flexibility index (Phi) is 4.15. The van der Waals surface area contributed by atoms with Crippen molar-refractivity contribution in [1.82, 2.24) is 5.32 Å². The van der Waals surface area contributed by atoms with Crippen LogP contribution in [0.1, 0.15) is 17.2 Å².